The summed E-state index contributed by atoms with van der Waals surface area (Å²) in [5.74, 6) is 0. The Hall–Kier alpha value is -4.88. The Bertz CT molecular complexity index is 2140. The third-order valence-corrected chi connectivity index (χ3v) is 7.88. The first kappa shape index (κ1) is 22.3. The Kier molecular flexibility index (Phi) is 4.74. The van der Waals surface area contributed by atoms with Crippen molar-refractivity contribution in [3.8, 4) is 23.0 Å². The van der Waals surface area contributed by atoms with Crippen LogP contribution >= 0.6 is 0 Å². The van der Waals surface area contributed by atoms with Crippen molar-refractivity contribution < 1.29 is 8.98 Å². The minimum absolute atomic E-state index is 0.656. The Morgan fingerprint density at radius 1 is 0.816 bits per heavy atom. The molecule has 0 N–H and O–H groups in total. The molecule has 0 unspecified atom stereocenters. The van der Waals surface area contributed by atoms with Gasteiger partial charge in [0.2, 0.25) is 5.58 Å². The van der Waals surface area contributed by atoms with Crippen molar-refractivity contribution in [1.82, 2.24) is 4.57 Å². The molecule has 38 heavy (non-hydrogen) atoms. The molecular formula is C34H26N3O+. The van der Waals surface area contributed by atoms with Gasteiger partial charge in [0.15, 0.2) is 6.20 Å². The number of nitriles is 1. The van der Waals surface area contributed by atoms with Gasteiger partial charge in [0.05, 0.1) is 22.2 Å². The topological polar surface area (TPSA) is 45.7 Å². The number of furan rings is 1. The Labute approximate surface area is 220 Å². The molecule has 0 radical (unpaired) electrons. The maximum absolute atomic E-state index is 9.94. The predicted molar refractivity (Wildman–Crippen MR) is 154 cm³/mol. The van der Waals surface area contributed by atoms with E-state index in [0.717, 1.165) is 55.1 Å². The van der Waals surface area contributed by atoms with Crippen molar-refractivity contribution in [2.45, 2.75) is 20.8 Å². The molecule has 0 aliphatic carbocycles. The number of hydrogen-bond acceptors (Lipinski definition) is 2. The first-order valence-electron chi connectivity index (χ1n) is 12.8. The van der Waals surface area contributed by atoms with Gasteiger partial charge >= 0.3 is 0 Å². The molecule has 0 aliphatic heterocycles. The van der Waals surface area contributed by atoms with Crippen LogP contribution in [-0.2, 0) is 7.05 Å². The molecule has 0 aliphatic rings. The highest BCUT2D eigenvalue weighted by molar-refractivity contribution is 6.12. The quantitative estimate of drug-likeness (QED) is 0.230. The molecule has 7 aromatic rings. The molecule has 0 saturated heterocycles. The summed E-state index contributed by atoms with van der Waals surface area (Å²) < 4.78 is 11.0. The lowest BCUT2D eigenvalue weighted by Gasteiger charge is -2.09. The monoisotopic (exact) mass is 492 g/mol. The van der Waals surface area contributed by atoms with Gasteiger partial charge in [0.25, 0.3) is 5.69 Å². The van der Waals surface area contributed by atoms with Crippen molar-refractivity contribution in [1.29, 1.82) is 5.26 Å². The van der Waals surface area contributed by atoms with Crippen LogP contribution < -0.4 is 4.57 Å². The average Bonchev–Trinajstić information content (AvgIpc) is 3.46. The zero-order valence-electron chi connectivity index (χ0n) is 21.8. The van der Waals surface area contributed by atoms with Crippen molar-refractivity contribution in [2.24, 2.45) is 7.05 Å². The normalized spacial score (nSPS) is 11.7. The third kappa shape index (κ3) is 3.06. The summed E-state index contributed by atoms with van der Waals surface area (Å²) >= 11 is 0. The van der Waals surface area contributed by atoms with Gasteiger partial charge in [-0.25, -0.2) is 0 Å². The number of para-hydroxylation sites is 2. The summed E-state index contributed by atoms with van der Waals surface area (Å²) in [5.41, 5.74) is 11.4. The van der Waals surface area contributed by atoms with Crippen LogP contribution in [0.25, 0.3) is 60.7 Å². The second-order valence-corrected chi connectivity index (χ2v) is 10.2. The van der Waals surface area contributed by atoms with E-state index >= 15 is 0 Å². The molecule has 0 saturated carbocycles. The third-order valence-electron chi connectivity index (χ3n) is 7.88. The van der Waals surface area contributed by atoms with Gasteiger partial charge in [0, 0.05) is 39.4 Å². The Morgan fingerprint density at radius 2 is 1.63 bits per heavy atom. The molecule has 0 amide bonds. The van der Waals surface area contributed by atoms with E-state index in [1.807, 2.05) is 24.3 Å². The Balaban J connectivity index is 1.54. The number of aryl methyl sites for hydroxylation is 3. The van der Waals surface area contributed by atoms with Crippen LogP contribution in [0.4, 0.5) is 0 Å². The fourth-order valence-electron chi connectivity index (χ4n) is 5.98. The van der Waals surface area contributed by atoms with Crippen LogP contribution in [0.5, 0.6) is 0 Å². The van der Waals surface area contributed by atoms with E-state index in [1.165, 1.54) is 22.3 Å². The van der Waals surface area contributed by atoms with Crippen LogP contribution in [0, 0.1) is 32.1 Å². The molecule has 0 bridgehead atoms. The molecule has 3 aromatic heterocycles. The van der Waals surface area contributed by atoms with Crippen LogP contribution in [0.15, 0.2) is 89.5 Å². The van der Waals surface area contributed by atoms with Gasteiger partial charge in [-0.2, -0.15) is 9.83 Å². The number of nitrogens with zero attached hydrogens (tertiary/aromatic N) is 3. The molecule has 0 spiro atoms. The standard InChI is InChI=1S/C34H26N3O/c1-20-16-21(2)22(3)29(17-20)33-34-28(14-15-36(33)4)26-13-12-24(18-31(26)38-34)37-30-11-6-5-9-25(30)27-10-7-8-23(19-35)32(27)37/h5-18H,1-4H3/q+1. The minimum Gasteiger partial charge on any atom is -0.449 e. The first-order valence-corrected chi connectivity index (χ1v) is 12.8. The SMILES string of the molecule is Cc1cc(C)c(C)c(-c2c3oc4cc(-n5c6ccccc6c6cccc(C#N)c65)ccc4c3cc[n+]2C)c1. The molecule has 0 fully saturated rings. The number of rotatable bonds is 2. The molecule has 4 aromatic carbocycles. The maximum atomic E-state index is 9.94. The smallest absolute Gasteiger partial charge is 0.256 e. The fraction of sp³-hybridized carbons (Fsp3) is 0.118. The molecule has 3 heterocycles. The highest BCUT2D eigenvalue weighted by atomic mass is 16.3. The van der Waals surface area contributed by atoms with Gasteiger partial charge < -0.3 is 8.98 Å². The fourth-order valence-corrected chi connectivity index (χ4v) is 5.98. The van der Waals surface area contributed by atoms with Crippen molar-refractivity contribution in [3.05, 3.63) is 107 Å². The first-order chi connectivity index (χ1) is 18.5. The summed E-state index contributed by atoms with van der Waals surface area (Å²) in [6.07, 6.45) is 2.11. The van der Waals surface area contributed by atoms with Crippen LogP contribution in [0.2, 0.25) is 0 Å². The molecule has 182 valence electrons. The second kappa shape index (κ2) is 8.06. The lowest BCUT2D eigenvalue weighted by molar-refractivity contribution is -0.659. The summed E-state index contributed by atoms with van der Waals surface area (Å²) in [6.45, 7) is 6.49. The average molecular weight is 493 g/mol. The van der Waals surface area contributed by atoms with E-state index in [9.17, 15) is 5.26 Å². The minimum atomic E-state index is 0.656. The van der Waals surface area contributed by atoms with Gasteiger partial charge in [-0.1, -0.05) is 42.0 Å². The molecule has 7 rings (SSSR count). The van der Waals surface area contributed by atoms with Crippen molar-refractivity contribution in [3.63, 3.8) is 0 Å². The van der Waals surface area contributed by atoms with Crippen molar-refractivity contribution >= 4 is 43.7 Å². The number of pyridine rings is 1. The van der Waals surface area contributed by atoms with E-state index in [4.69, 9.17) is 4.42 Å². The Morgan fingerprint density at radius 3 is 2.47 bits per heavy atom. The van der Waals surface area contributed by atoms with Crippen LogP contribution in [-0.4, -0.2) is 4.57 Å². The van der Waals surface area contributed by atoms with E-state index in [0.29, 0.717) is 5.56 Å². The van der Waals surface area contributed by atoms with E-state index in [2.05, 4.69) is 104 Å². The molecule has 4 heteroatoms. The number of hydrogen-bond donors (Lipinski definition) is 0. The van der Waals surface area contributed by atoms with Gasteiger partial charge in [0.1, 0.15) is 18.7 Å². The maximum Gasteiger partial charge on any atom is 0.256 e. The van der Waals surface area contributed by atoms with Crippen LogP contribution in [0.3, 0.4) is 0 Å². The highest BCUT2D eigenvalue weighted by Gasteiger charge is 2.24. The zero-order valence-corrected chi connectivity index (χ0v) is 21.8. The zero-order chi connectivity index (χ0) is 26.1. The largest absolute Gasteiger partial charge is 0.449 e. The number of aromatic nitrogens is 2. The highest BCUT2D eigenvalue weighted by Crippen LogP contribution is 2.38. The molecular weight excluding hydrogens is 466 g/mol. The summed E-state index contributed by atoms with van der Waals surface area (Å²) in [6, 6.07) is 29.6. The molecule has 0 atom stereocenters. The van der Waals surface area contributed by atoms with Crippen LogP contribution in [0.1, 0.15) is 22.3 Å². The number of benzene rings is 4. The van der Waals surface area contributed by atoms with Gasteiger partial charge in [-0.15, -0.1) is 0 Å². The number of fused-ring (bicyclic) bond motifs is 6. The van der Waals surface area contributed by atoms with E-state index < -0.39 is 0 Å². The lowest BCUT2D eigenvalue weighted by atomic mass is 9.96. The second-order valence-electron chi connectivity index (χ2n) is 10.2. The molecule has 4 nitrogen and oxygen atoms in total. The predicted octanol–water partition coefficient (Wildman–Crippen LogP) is 7.97. The van der Waals surface area contributed by atoms with E-state index in [-0.39, 0.29) is 0 Å². The summed E-state index contributed by atoms with van der Waals surface area (Å²) in [5, 5.41) is 14.3. The lowest BCUT2D eigenvalue weighted by Crippen LogP contribution is -2.30. The summed E-state index contributed by atoms with van der Waals surface area (Å²) in [4.78, 5) is 0. The van der Waals surface area contributed by atoms with E-state index in [1.54, 1.807) is 0 Å². The van der Waals surface area contributed by atoms with Gasteiger partial charge in [-0.3, -0.25) is 0 Å². The summed E-state index contributed by atoms with van der Waals surface area (Å²) in [7, 11) is 2.08. The van der Waals surface area contributed by atoms with Crippen molar-refractivity contribution in [2.75, 3.05) is 0 Å². The van der Waals surface area contributed by atoms with Gasteiger partial charge in [-0.05, 0) is 62.2 Å².